The number of amides is 4. The van der Waals surface area contributed by atoms with E-state index in [4.69, 9.17) is 0 Å². The summed E-state index contributed by atoms with van der Waals surface area (Å²) in [5.41, 5.74) is 0. The number of aliphatic hydroxyl groups excluding tert-OH is 8. The number of carboxylic acids is 6. The SMILES string of the molecule is CC(O)C(O)NC(=O)CN(CCN(CCN(CC(=O)[O-])CC(=O)NC(O)C(C)O)CC(=O)[O-])CC(=O)[O-].CC(O)C(O)NC(=O)CN(CCN(CCN(CC(=O)[O-])CC(=O)NC(O)C(C)O)CC(=O)[O-])CC(=O)[O-].[Ca+2].[Ca+2].[Ca+2]. The number of rotatable bonds is 40. The first-order valence-electron chi connectivity index (χ1n) is 22.4. The molecule has 0 aromatic rings. The summed E-state index contributed by atoms with van der Waals surface area (Å²) in [6, 6.07) is 0. The van der Waals surface area contributed by atoms with E-state index in [9.17, 15) is 119 Å². The molecular formula is C40H68Ca3N10O24. The zero-order valence-corrected chi connectivity index (χ0v) is 49.9. The number of nitrogens with one attached hydrogen (secondary N) is 4. The van der Waals surface area contributed by atoms with Crippen LogP contribution in [0, 0.1) is 0 Å². The first kappa shape index (κ1) is 83.7. The van der Waals surface area contributed by atoms with Gasteiger partial charge in [-0.1, -0.05) is 0 Å². The molecule has 0 aromatic carbocycles. The molecule has 0 aliphatic rings. The summed E-state index contributed by atoms with van der Waals surface area (Å²) in [6.07, 6.45) is -11.6. The Labute approximate surface area is 532 Å². The van der Waals surface area contributed by atoms with Gasteiger partial charge in [-0.25, -0.2) is 0 Å². The van der Waals surface area contributed by atoms with Crippen LogP contribution in [0.4, 0.5) is 0 Å². The van der Waals surface area contributed by atoms with Crippen molar-refractivity contribution in [1.29, 1.82) is 0 Å². The second kappa shape index (κ2) is 46.5. The van der Waals surface area contributed by atoms with Crippen LogP contribution in [0.25, 0.3) is 0 Å². The molecule has 0 rings (SSSR count). The van der Waals surface area contributed by atoms with E-state index in [1.165, 1.54) is 37.5 Å². The van der Waals surface area contributed by atoms with Gasteiger partial charge >= 0.3 is 113 Å². The molecule has 0 aliphatic carbocycles. The number of carboxylic acid groups (broad SMARTS) is 6. The van der Waals surface area contributed by atoms with Crippen LogP contribution in [-0.2, 0) is 47.9 Å². The number of aliphatic carboxylic acids is 6. The van der Waals surface area contributed by atoms with Crippen LogP contribution in [0.5, 0.6) is 0 Å². The maximum atomic E-state index is 12.0. The smallest absolute Gasteiger partial charge is 0.549 e. The van der Waals surface area contributed by atoms with Gasteiger partial charge in [0.2, 0.25) is 23.6 Å². The van der Waals surface area contributed by atoms with Crippen molar-refractivity contribution >= 4 is 173 Å². The van der Waals surface area contributed by atoms with Crippen molar-refractivity contribution in [1.82, 2.24) is 50.7 Å². The predicted molar refractivity (Wildman–Crippen MR) is 249 cm³/mol. The molecule has 8 atom stereocenters. The average molecular weight is 1190 g/mol. The number of nitrogens with zero attached hydrogens (tertiary/aromatic N) is 6. The van der Waals surface area contributed by atoms with Crippen LogP contribution in [0.1, 0.15) is 27.7 Å². The maximum absolute atomic E-state index is 12.0. The Hall–Kier alpha value is -2.08. The molecule has 0 radical (unpaired) electrons. The standard InChI is InChI=1S/2C20H37N5O12.3Ca/c2*1-12(26)19(36)21-14(28)7-24(10-17(32)33)5-3-23(9-16(30)31)4-6-25(11-18(34)35)8-15(29)22-20(37)13(2)27;;;/h2*12-13,19-20,26-27,36-37H,3-11H2,1-2H3,(H,21,28)(H,22,29)(H,30,31)(H,32,33)(H,34,35);;;/q;;3*+2/p-6. The Morgan fingerprint density at radius 3 is 0.545 bits per heavy atom. The summed E-state index contributed by atoms with van der Waals surface area (Å²) in [6.45, 7) is -2.79. The van der Waals surface area contributed by atoms with Crippen molar-refractivity contribution in [2.24, 2.45) is 0 Å². The van der Waals surface area contributed by atoms with Gasteiger partial charge in [-0.15, -0.1) is 0 Å². The van der Waals surface area contributed by atoms with E-state index in [1.54, 1.807) is 0 Å². The maximum Gasteiger partial charge on any atom is 2.00 e. The van der Waals surface area contributed by atoms with Crippen molar-refractivity contribution < 1.29 is 119 Å². The van der Waals surface area contributed by atoms with Crippen LogP contribution >= 0.6 is 0 Å². The van der Waals surface area contributed by atoms with Gasteiger partial charge in [-0.3, -0.25) is 48.6 Å². The van der Waals surface area contributed by atoms with E-state index in [2.05, 4.69) is 21.3 Å². The topological polar surface area (TPSA) is 538 Å². The molecule has 0 spiro atoms. The second-order valence-corrected chi connectivity index (χ2v) is 16.6. The summed E-state index contributed by atoms with van der Waals surface area (Å²) in [4.78, 5) is 121. The molecule has 34 nitrogen and oxygen atoms in total. The average Bonchev–Trinajstić information content (AvgIpc) is 3.23. The Morgan fingerprint density at radius 2 is 0.416 bits per heavy atom. The van der Waals surface area contributed by atoms with Crippen LogP contribution in [-0.4, -0.2) is 410 Å². The fraction of sp³-hybridized carbons (Fsp3) is 0.750. The molecule has 0 heterocycles. The minimum Gasteiger partial charge on any atom is -0.549 e. The number of hydrogen-bond donors (Lipinski definition) is 12. The van der Waals surface area contributed by atoms with Gasteiger partial charge in [0.1, 0.15) is 0 Å². The fourth-order valence-electron chi connectivity index (χ4n) is 5.76. The third-order valence-corrected chi connectivity index (χ3v) is 9.58. The molecule has 0 saturated carbocycles. The van der Waals surface area contributed by atoms with Gasteiger partial charge in [0.25, 0.3) is 0 Å². The number of aliphatic hydroxyl groups is 8. The second-order valence-electron chi connectivity index (χ2n) is 16.6. The van der Waals surface area contributed by atoms with Crippen molar-refractivity contribution in [3.8, 4) is 0 Å². The van der Waals surface area contributed by atoms with Crippen LogP contribution in [0.2, 0.25) is 0 Å². The van der Waals surface area contributed by atoms with Gasteiger partial charge in [0.15, 0.2) is 24.9 Å². The van der Waals surface area contributed by atoms with Gasteiger partial charge in [0.05, 0.1) is 86.4 Å². The summed E-state index contributed by atoms with van der Waals surface area (Å²) >= 11 is 0. The number of hydrogen-bond acceptors (Lipinski definition) is 30. The number of carbonyl (C=O) groups is 10. The minimum atomic E-state index is -1.60. The van der Waals surface area contributed by atoms with Crippen LogP contribution in [0.3, 0.4) is 0 Å². The summed E-state index contributed by atoms with van der Waals surface area (Å²) in [5, 5.41) is 150. The summed E-state index contributed by atoms with van der Waals surface area (Å²) in [5.74, 6) is -12.5. The minimum absolute atomic E-state index is 0. The zero-order valence-electron chi connectivity index (χ0n) is 43.3. The molecule has 12 N–H and O–H groups in total. The third-order valence-electron chi connectivity index (χ3n) is 9.58. The van der Waals surface area contributed by atoms with Crippen molar-refractivity contribution in [2.75, 3.05) is 118 Å². The van der Waals surface area contributed by atoms with E-state index < -0.39 is 174 Å². The molecule has 0 saturated heterocycles. The van der Waals surface area contributed by atoms with E-state index in [0.29, 0.717) is 0 Å². The molecule has 8 unspecified atom stereocenters. The van der Waals surface area contributed by atoms with Gasteiger partial charge in [-0.05, 0) is 27.7 Å². The predicted octanol–water partition coefficient (Wildman–Crippen LogP) is -19.6. The molecule has 77 heavy (non-hydrogen) atoms. The van der Waals surface area contributed by atoms with Gasteiger partial charge in [0, 0.05) is 91.6 Å². The van der Waals surface area contributed by atoms with E-state index in [1.807, 2.05) is 0 Å². The molecule has 428 valence electrons. The first-order valence-corrected chi connectivity index (χ1v) is 22.4. The largest absolute Gasteiger partial charge is 2.00 e. The van der Waals surface area contributed by atoms with Gasteiger partial charge in [-0.2, -0.15) is 0 Å². The Balaban J connectivity index is -0.000000432. The van der Waals surface area contributed by atoms with Gasteiger partial charge < -0.3 is 122 Å². The monoisotopic (exact) mass is 1190 g/mol. The zero-order chi connectivity index (χ0) is 57.4. The number of carbonyl (C=O) groups excluding carboxylic acids is 10. The quantitative estimate of drug-likeness (QED) is 0.0200. The molecule has 0 aromatic heterocycles. The molecular weight excluding hydrogens is 1120 g/mol. The van der Waals surface area contributed by atoms with Crippen LogP contribution in [0.15, 0.2) is 0 Å². The Morgan fingerprint density at radius 1 is 0.286 bits per heavy atom. The fourth-order valence-corrected chi connectivity index (χ4v) is 5.76. The van der Waals surface area contributed by atoms with E-state index >= 15 is 0 Å². The van der Waals surface area contributed by atoms with Crippen molar-refractivity contribution in [3.05, 3.63) is 0 Å². The summed E-state index contributed by atoms with van der Waals surface area (Å²) in [7, 11) is 0. The van der Waals surface area contributed by atoms with Crippen LogP contribution < -0.4 is 51.9 Å². The third kappa shape index (κ3) is 47.3. The van der Waals surface area contributed by atoms with E-state index in [-0.39, 0.29) is 166 Å². The molecule has 0 bridgehead atoms. The normalized spacial score (nSPS) is 14.2. The molecule has 37 heteroatoms. The molecule has 0 aliphatic heterocycles. The summed E-state index contributed by atoms with van der Waals surface area (Å²) < 4.78 is 0. The Kier molecular flexibility index (Phi) is 50.6. The first-order chi connectivity index (χ1) is 34.2. The van der Waals surface area contributed by atoms with Crippen molar-refractivity contribution in [2.45, 2.75) is 77.0 Å². The molecule has 0 fully saturated rings. The Bertz CT molecular complexity index is 1570. The van der Waals surface area contributed by atoms with E-state index in [0.717, 1.165) is 19.6 Å². The van der Waals surface area contributed by atoms with Crippen molar-refractivity contribution in [3.63, 3.8) is 0 Å². The molecule has 4 amide bonds.